The second-order valence-corrected chi connectivity index (χ2v) is 39.2. The number of para-hydroxylation sites is 2. The van der Waals surface area contributed by atoms with Crippen LogP contribution in [0.25, 0.3) is 99.5 Å². The lowest BCUT2D eigenvalue weighted by Gasteiger charge is -2.46. The topological polar surface area (TPSA) is 16.3 Å². The number of hydrogen-bond donors (Lipinski definition) is 0. The molecule has 0 atom stereocenters. The summed E-state index contributed by atoms with van der Waals surface area (Å²) in [5.41, 5.74) is 35.4. The average molecular weight is 1450 g/mol. The standard InChI is InChI=1S/C106H107BN4/c1-100(2,3)72-42-36-66(37-43-72)68-40-50-81(70-28-26-30-74(56-70)102(7,8)9)93(58-68)110-95-64-79(108-89-34-24-22-32-83(89)85-60-76(104(13,14)15)46-54-91(85)108)48-52-87(95)107-88-53-49-80(109-90-35-25-23-33-84(90)86-61-77(105(16,17)18)47-55-92(86)109)65-96(88)111(98-63-78(106(19,20)21)62-97(110)99(98)107)94-59-69(67-38-44-73(45-39-67)101(4,5)6)41-51-82(94)71-29-27-31-75(57-71)103(10,11)12/h22-65H,1-21H3. The number of benzene rings is 13. The van der Waals surface area contributed by atoms with Gasteiger partial charge in [-0.05, 0) is 212 Å². The van der Waals surface area contributed by atoms with Gasteiger partial charge in [0.15, 0.2) is 0 Å². The minimum Gasteiger partial charge on any atom is -0.311 e. The van der Waals surface area contributed by atoms with Crippen molar-refractivity contribution in [2.75, 3.05) is 9.80 Å². The van der Waals surface area contributed by atoms with Gasteiger partial charge in [-0.2, -0.15) is 0 Å². The van der Waals surface area contributed by atoms with Crippen LogP contribution in [0, 0.1) is 0 Å². The highest BCUT2D eigenvalue weighted by Crippen LogP contribution is 2.53. The molecule has 554 valence electrons. The van der Waals surface area contributed by atoms with Gasteiger partial charge in [0, 0.05) is 66.8 Å². The van der Waals surface area contributed by atoms with Gasteiger partial charge in [0.1, 0.15) is 0 Å². The predicted molar refractivity (Wildman–Crippen MR) is 482 cm³/mol. The van der Waals surface area contributed by atoms with Crippen LogP contribution in [-0.2, 0) is 37.9 Å². The monoisotopic (exact) mass is 1450 g/mol. The Labute approximate surface area is 660 Å². The molecule has 0 N–H and O–H groups in total. The lowest BCUT2D eigenvalue weighted by atomic mass is 9.33. The summed E-state index contributed by atoms with van der Waals surface area (Å²) in [7, 11) is 0. The first-order valence-electron chi connectivity index (χ1n) is 40.3. The van der Waals surface area contributed by atoms with Crippen LogP contribution in [0.5, 0.6) is 0 Å². The van der Waals surface area contributed by atoms with E-state index in [1.165, 1.54) is 133 Å². The number of hydrogen-bond acceptors (Lipinski definition) is 2. The molecule has 0 radical (unpaired) electrons. The van der Waals surface area contributed by atoms with E-state index in [-0.39, 0.29) is 44.6 Å². The molecule has 0 saturated carbocycles. The zero-order chi connectivity index (χ0) is 78.1. The highest BCUT2D eigenvalue weighted by atomic mass is 15.2. The van der Waals surface area contributed by atoms with Crippen LogP contribution >= 0.6 is 0 Å². The molecule has 2 aliphatic rings. The molecule has 5 heteroatoms. The zero-order valence-electron chi connectivity index (χ0n) is 69.3. The fourth-order valence-electron chi connectivity index (χ4n) is 17.5. The van der Waals surface area contributed by atoms with E-state index in [0.717, 1.165) is 56.4 Å². The minimum atomic E-state index is -0.326. The third kappa shape index (κ3) is 12.7. The molecule has 0 bridgehead atoms. The fraction of sp³-hybridized carbons (Fsp3) is 0.264. The van der Waals surface area contributed by atoms with Crippen LogP contribution in [0.3, 0.4) is 0 Å². The van der Waals surface area contributed by atoms with Crippen LogP contribution in [0.4, 0.5) is 34.1 Å². The summed E-state index contributed by atoms with van der Waals surface area (Å²) in [6.07, 6.45) is 0. The van der Waals surface area contributed by atoms with Gasteiger partial charge in [-0.25, -0.2) is 0 Å². The number of aromatic nitrogens is 2. The van der Waals surface area contributed by atoms with Gasteiger partial charge in [-0.3, -0.25) is 0 Å². The van der Waals surface area contributed by atoms with E-state index in [0.29, 0.717) is 0 Å². The van der Waals surface area contributed by atoms with Crippen molar-refractivity contribution in [1.29, 1.82) is 0 Å². The predicted octanol–water partition coefficient (Wildman–Crippen LogP) is 27.7. The maximum Gasteiger partial charge on any atom is 0.252 e. The summed E-state index contributed by atoms with van der Waals surface area (Å²) >= 11 is 0. The van der Waals surface area contributed by atoms with Crippen molar-refractivity contribution in [2.45, 2.75) is 183 Å². The van der Waals surface area contributed by atoms with E-state index in [1.807, 2.05) is 0 Å². The summed E-state index contributed by atoms with van der Waals surface area (Å²) in [6, 6.07) is 105. The van der Waals surface area contributed by atoms with E-state index in [2.05, 4.69) is 431 Å². The molecule has 17 rings (SSSR count). The smallest absolute Gasteiger partial charge is 0.252 e. The van der Waals surface area contributed by atoms with E-state index >= 15 is 0 Å². The number of nitrogens with zero attached hydrogens (tertiary/aromatic N) is 4. The zero-order valence-corrected chi connectivity index (χ0v) is 69.3. The lowest BCUT2D eigenvalue weighted by molar-refractivity contribution is 0.590. The normalized spacial score (nSPS) is 13.6. The molecule has 111 heavy (non-hydrogen) atoms. The number of anilines is 6. The van der Waals surface area contributed by atoms with Gasteiger partial charge in [0.25, 0.3) is 6.71 Å². The first-order valence-corrected chi connectivity index (χ1v) is 40.3. The van der Waals surface area contributed by atoms with Crippen molar-refractivity contribution in [2.24, 2.45) is 0 Å². The Hall–Kier alpha value is -10.9. The van der Waals surface area contributed by atoms with E-state index in [9.17, 15) is 0 Å². The van der Waals surface area contributed by atoms with Crippen molar-refractivity contribution >= 4 is 101 Å². The summed E-state index contributed by atoms with van der Waals surface area (Å²) in [6.45, 7) is 48.9. The summed E-state index contributed by atoms with van der Waals surface area (Å²) in [5.74, 6) is 0. The Balaban J connectivity index is 1.03. The molecule has 0 saturated heterocycles. The SMILES string of the molecule is CC(C)(C)c1ccc(-c2ccc(-c3cccc(C(C)(C)C)c3)c(N3c4cc(-n5c6ccccc6c6cc(C(C)(C)C)ccc65)ccc4B4c5ccc(-n6c7ccccc7c7cc(C(C)(C)C)ccc76)cc5N(c5cc(-c6ccc(C(C)(C)C)cc6)ccc5-c5cccc(C(C)(C)C)c5)c5cc(C(C)(C)C)cc3c54)c2)cc1. The molecule has 2 aromatic heterocycles. The molecule has 15 aromatic rings. The first-order chi connectivity index (χ1) is 52.4. The quantitative estimate of drug-likeness (QED) is 0.141. The van der Waals surface area contributed by atoms with Gasteiger partial charge in [0.05, 0.1) is 33.4 Å². The van der Waals surface area contributed by atoms with Crippen LogP contribution in [0.1, 0.15) is 184 Å². The molecule has 0 spiro atoms. The third-order valence-electron chi connectivity index (χ3n) is 24.2. The van der Waals surface area contributed by atoms with Crippen molar-refractivity contribution in [3.05, 3.63) is 306 Å². The Morgan fingerprint density at radius 2 is 0.541 bits per heavy atom. The van der Waals surface area contributed by atoms with E-state index < -0.39 is 0 Å². The maximum atomic E-state index is 2.73. The molecule has 0 unspecified atom stereocenters. The molecule has 4 nitrogen and oxygen atoms in total. The summed E-state index contributed by atoms with van der Waals surface area (Å²) in [5, 5.41) is 5.01. The summed E-state index contributed by atoms with van der Waals surface area (Å²) < 4.78 is 5.09. The second kappa shape index (κ2) is 25.9. The van der Waals surface area contributed by atoms with E-state index in [1.54, 1.807) is 0 Å². The van der Waals surface area contributed by atoms with Crippen molar-refractivity contribution in [3.8, 4) is 55.9 Å². The minimum absolute atomic E-state index is 0.00832. The second-order valence-electron chi connectivity index (χ2n) is 39.2. The van der Waals surface area contributed by atoms with Crippen molar-refractivity contribution in [1.82, 2.24) is 9.13 Å². The third-order valence-corrected chi connectivity index (χ3v) is 24.2. The maximum absolute atomic E-state index is 2.73. The van der Waals surface area contributed by atoms with Crippen LogP contribution in [-0.4, -0.2) is 15.8 Å². The molecule has 4 heterocycles. The molecular weight excluding hydrogens is 1340 g/mol. The summed E-state index contributed by atoms with van der Waals surface area (Å²) in [4.78, 5) is 5.45. The van der Waals surface area contributed by atoms with Gasteiger partial charge >= 0.3 is 0 Å². The van der Waals surface area contributed by atoms with Crippen LogP contribution < -0.4 is 26.2 Å². The molecule has 0 aliphatic carbocycles. The van der Waals surface area contributed by atoms with Crippen LogP contribution in [0.2, 0.25) is 0 Å². The highest BCUT2D eigenvalue weighted by Gasteiger charge is 2.46. The van der Waals surface area contributed by atoms with Gasteiger partial charge in [-0.1, -0.05) is 327 Å². The number of fused-ring (bicyclic) bond motifs is 10. The average Bonchev–Trinajstić information content (AvgIpc) is 1.07. The lowest BCUT2D eigenvalue weighted by Crippen LogP contribution is -2.61. The molecule has 13 aromatic carbocycles. The largest absolute Gasteiger partial charge is 0.311 e. The van der Waals surface area contributed by atoms with Gasteiger partial charge in [-0.15, -0.1) is 0 Å². The van der Waals surface area contributed by atoms with Gasteiger partial charge < -0.3 is 18.9 Å². The van der Waals surface area contributed by atoms with E-state index in [4.69, 9.17) is 0 Å². The molecule has 2 aliphatic heterocycles. The molecule has 0 amide bonds. The van der Waals surface area contributed by atoms with Gasteiger partial charge in [0.2, 0.25) is 0 Å². The molecular formula is C106H107BN4. The fourth-order valence-corrected chi connectivity index (χ4v) is 17.5. The van der Waals surface area contributed by atoms with Crippen molar-refractivity contribution < 1.29 is 0 Å². The first kappa shape index (κ1) is 73.0. The number of rotatable bonds is 8. The van der Waals surface area contributed by atoms with Crippen LogP contribution in [0.15, 0.2) is 267 Å². The Morgan fingerprint density at radius 1 is 0.207 bits per heavy atom. The Morgan fingerprint density at radius 3 is 0.910 bits per heavy atom. The Bertz CT molecular complexity index is 5870. The highest BCUT2D eigenvalue weighted by molar-refractivity contribution is 7.00. The van der Waals surface area contributed by atoms with Crippen molar-refractivity contribution in [3.63, 3.8) is 0 Å². The Kier molecular flexibility index (Phi) is 17.0. The molecule has 0 fully saturated rings.